The number of pyridine rings is 1. The van der Waals surface area contributed by atoms with Crippen LogP contribution in [0.25, 0.3) is 22.2 Å². The van der Waals surface area contributed by atoms with Crippen LogP contribution in [0.2, 0.25) is 0 Å². The fourth-order valence-electron chi connectivity index (χ4n) is 4.67. The minimum absolute atomic E-state index is 0.0791. The lowest BCUT2D eigenvalue weighted by molar-refractivity contribution is 0.110. The number of aryl methyl sites for hydroxylation is 1. The maximum absolute atomic E-state index is 12.3. The molecule has 1 N–H and O–H groups in total. The van der Waals surface area contributed by atoms with Crippen molar-refractivity contribution in [2.45, 2.75) is 59.4 Å². The van der Waals surface area contributed by atoms with Crippen molar-refractivity contribution in [3.63, 3.8) is 0 Å². The van der Waals surface area contributed by atoms with E-state index in [4.69, 9.17) is 0 Å². The lowest BCUT2D eigenvalue weighted by atomic mass is 9.88. The van der Waals surface area contributed by atoms with Gasteiger partial charge in [0.15, 0.2) is 0 Å². The second kappa shape index (κ2) is 7.17. The highest BCUT2D eigenvalue weighted by atomic mass is 16.1. The molecule has 1 aromatic carbocycles. The average Bonchev–Trinajstić information content (AvgIpc) is 3.00. The van der Waals surface area contributed by atoms with Gasteiger partial charge in [-0.2, -0.15) is 0 Å². The molecule has 4 heteroatoms. The van der Waals surface area contributed by atoms with Crippen LogP contribution >= 0.6 is 0 Å². The van der Waals surface area contributed by atoms with Gasteiger partial charge >= 0.3 is 0 Å². The van der Waals surface area contributed by atoms with Crippen molar-refractivity contribution in [2.75, 3.05) is 13.1 Å². The normalized spacial score (nSPS) is 15.6. The SMILES string of the molecule is Cc1c(-c2[nH]c3ccc(C4CN(C(C)C)C4)cc3c2C(C)C)cn(C)c(=O)c1C. The van der Waals surface area contributed by atoms with Crippen LogP contribution in [-0.4, -0.2) is 33.6 Å². The summed E-state index contributed by atoms with van der Waals surface area (Å²) in [6, 6.07) is 7.55. The standard InChI is InChI=1S/C25H33N3O/c1-14(2)23-20-10-18(19-11-28(12-19)15(3)4)8-9-22(20)26-24(23)21-13-27(7)25(29)17(6)16(21)5/h8-10,13-15,19,26H,11-12H2,1-7H3. The van der Waals surface area contributed by atoms with Crippen LogP contribution in [0.4, 0.5) is 0 Å². The molecule has 0 spiro atoms. The smallest absolute Gasteiger partial charge is 0.253 e. The lowest BCUT2D eigenvalue weighted by Crippen LogP contribution is -2.48. The number of aromatic amines is 1. The van der Waals surface area contributed by atoms with E-state index in [1.165, 1.54) is 22.0 Å². The molecular weight excluding hydrogens is 358 g/mol. The van der Waals surface area contributed by atoms with Crippen LogP contribution < -0.4 is 5.56 Å². The zero-order chi connectivity index (χ0) is 21.0. The third kappa shape index (κ3) is 3.24. The molecule has 0 unspecified atom stereocenters. The molecule has 2 aromatic heterocycles. The molecule has 3 aromatic rings. The van der Waals surface area contributed by atoms with Gasteiger partial charge in [-0.25, -0.2) is 0 Å². The Morgan fingerprint density at radius 3 is 2.38 bits per heavy atom. The molecule has 1 fully saturated rings. The Labute approximate surface area is 173 Å². The van der Waals surface area contributed by atoms with E-state index in [0.29, 0.717) is 17.9 Å². The molecule has 1 aliphatic heterocycles. The predicted molar refractivity (Wildman–Crippen MR) is 122 cm³/mol. The summed E-state index contributed by atoms with van der Waals surface area (Å²) in [5.74, 6) is 1.01. The molecule has 1 saturated heterocycles. The number of nitrogens with zero attached hydrogens (tertiary/aromatic N) is 2. The monoisotopic (exact) mass is 391 g/mol. The van der Waals surface area contributed by atoms with Gasteiger partial charge in [0, 0.05) is 60.3 Å². The minimum atomic E-state index is 0.0791. The Morgan fingerprint density at radius 2 is 1.76 bits per heavy atom. The first-order chi connectivity index (χ1) is 13.7. The molecule has 4 nitrogen and oxygen atoms in total. The van der Waals surface area contributed by atoms with Gasteiger partial charge in [-0.1, -0.05) is 19.9 Å². The first kappa shape index (κ1) is 20.0. The number of benzene rings is 1. The Kier molecular flexibility index (Phi) is 4.94. The van der Waals surface area contributed by atoms with E-state index < -0.39 is 0 Å². The maximum atomic E-state index is 12.3. The van der Waals surface area contributed by atoms with E-state index in [1.54, 1.807) is 4.57 Å². The number of H-pyrrole nitrogens is 1. The number of hydrogen-bond donors (Lipinski definition) is 1. The van der Waals surface area contributed by atoms with Crippen LogP contribution in [-0.2, 0) is 7.05 Å². The molecule has 0 atom stereocenters. The Hall–Kier alpha value is -2.33. The zero-order valence-corrected chi connectivity index (χ0v) is 18.8. The summed E-state index contributed by atoms with van der Waals surface area (Å²) in [5, 5.41) is 1.32. The van der Waals surface area contributed by atoms with Crippen molar-refractivity contribution < 1.29 is 0 Å². The summed E-state index contributed by atoms with van der Waals surface area (Å²) in [7, 11) is 1.84. The van der Waals surface area contributed by atoms with Crippen LogP contribution in [0.1, 0.15) is 61.8 Å². The Bertz CT molecular complexity index is 1130. The summed E-state index contributed by atoms with van der Waals surface area (Å²) < 4.78 is 1.70. The molecule has 0 aliphatic carbocycles. The van der Waals surface area contributed by atoms with Gasteiger partial charge in [0.25, 0.3) is 5.56 Å². The number of rotatable bonds is 4. The van der Waals surface area contributed by atoms with Crippen molar-refractivity contribution in [2.24, 2.45) is 7.05 Å². The van der Waals surface area contributed by atoms with Crippen LogP contribution in [0.15, 0.2) is 29.2 Å². The second-order valence-corrected chi connectivity index (χ2v) is 9.33. The van der Waals surface area contributed by atoms with E-state index in [9.17, 15) is 4.79 Å². The number of likely N-dealkylation sites (tertiary alicyclic amines) is 1. The maximum Gasteiger partial charge on any atom is 0.253 e. The third-order valence-corrected chi connectivity index (χ3v) is 6.75. The fourth-order valence-corrected chi connectivity index (χ4v) is 4.67. The molecule has 4 rings (SSSR count). The van der Waals surface area contributed by atoms with Gasteiger partial charge in [0.1, 0.15) is 0 Å². The highest BCUT2D eigenvalue weighted by Gasteiger charge is 2.30. The average molecular weight is 392 g/mol. The van der Waals surface area contributed by atoms with E-state index in [2.05, 4.69) is 62.7 Å². The molecule has 0 bridgehead atoms. The van der Waals surface area contributed by atoms with Crippen LogP contribution in [0, 0.1) is 13.8 Å². The highest BCUT2D eigenvalue weighted by molar-refractivity contribution is 5.92. The Balaban J connectivity index is 1.85. The summed E-state index contributed by atoms with van der Waals surface area (Å²) >= 11 is 0. The number of nitrogens with one attached hydrogen (secondary N) is 1. The second-order valence-electron chi connectivity index (χ2n) is 9.33. The first-order valence-electron chi connectivity index (χ1n) is 10.8. The van der Waals surface area contributed by atoms with Gasteiger partial charge in [-0.05, 0) is 62.4 Å². The molecule has 154 valence electrons. The number of aromatic nitrogens is 2. The van der Waals surface area contributed by atoms with Crippen molar-refractivity contribution in [3.8, 4) is 11.3 Å². The van der Waals surface area contributed by atoms with Gasteiger partial charge in [-0.15, -0.1) is 0 Å². The van der Waals surface area contributed by atoms with Crippen LogP contribution in [0.3, 0.4) is 0 Å². The van der Waals surface area contributed by atoms with E-state index in [-0.39, 0.29) is 5.56 Å². The molecular formula is C25H33N3O. The van der Waals surface area contributed by atoms with Gasteiger partial charge < -0.3 is 9.55 Å². The van der Waals surface area contributed by atoms with Crippen molar-refractivity contribution in [1.29, 1.82) is 0 Å². The van der Waals surface area contributed by atoms with Crippen LogP contribution in [0.5, 0.6) is 0 Å². The molecule has 1 aliphatic rings. The molecule has 0 amide bonds. The van der Waals surface area contributed by atoms with Gasteiger partial charge in [0.05, 0.1) is 5.69 Å². The third-order valence-electron chi connectivity index (χ3n) is 6.75. The molecule has 0 saturated carbocycles. The quantitative estimate of drug-likeness (QED) is 0.674. The van der Waals surface area contributed by atoms with E-state index in [1.807, 2.05) is 20.2 Å². The molecule has 0 radical (unpaired) electrons. The van der Waals surface area contributed by atoms with E-state index >= 15 is 0 Å². The summed E-state index contributed by atoms with van der Waals surface area (Å²) in [4.78, 5) is 18.6. The summed E-state index contributed by atoms with van der Waals surface area (Å²) in [6.45, 7) is 15.3. The summed E-state index contributed by atoms with van der Waals surface area (Å²) in [5.41, 5.74) is 8.21. The summed E-state index contributed by atoms with van der Waals surface area (Å²) in [6.07, 6.45) is 1.98. The number of fused-ring (bicyclic) bond motifs is 1. The van der Waals surface area contributed by atoms with E-state index in [0.717, 1.165) is 35.5 Å². The van der Waals surface area contributed by atoms with Crippen molar-refractivity contribution in [3.05, 3.63) is 57.0 Å². The number of hydrogen-bond acceptors (Lipinski definition) is 2. The van der Waals surface area contributed by atoms with Crippen molar-refractivity contribution in [1.82, 2.24) is 14.5 Å². The Morgan fingerprint density at radius 1 is 1.07 bits per heavy atom. The first-order valence-corrected chi connectivity index (χ1v) is 10.8. The molecule has 29 heavy (non-hydrogen) atoms. The van der Waals surface area contributed by atoms with Gasteiger partial charge in [0.2, 0.25) is 0 Å². The van der Waals surface area contributed by atoms with Crippen molar-refractivity contribution >= 4 is 10.9 Å². The lowest BCUT2D eigenvalue weighted by Gasteiger charge is -2.42. The van der Waals surface area contributed by atoms with Gasteiger partial charge in [-0.3, -0.25) is 9.69 Å². The largest absolute Gasteiger partial charge is 0.354 e. The molecule has 3 heterocycles. The fraction of sp³-hybridized carbons (Fsp3) is 0.480. The minimum Gasteiger partial charge on any atom is -0.354 e. The zero-order valence-electron chi connectivity index (χ0n) is 18.8. The topological polar surface area (TPSA) is 41.0 Å². The highest BCUT2D eigenvalue weighted by Crippen LogP contribution is 2.39. The predicted octanol–water partition coefficient (Wildman–Crippen LogP) is 5.08.